The highest BCUT2D eigenvalue weighted by Gasteiger charge is 2.12. The second-order valence-corrected chi connectivity index (χ2v) is 4.14. The molecule has 88 valence electrons. The number of hydrogen-bond donors (Lipinski definition) is 2. The number of hydrogen-bond acceptors (Lipinski definition) is 3. The number of anilines is 1. The SMILES string of the molecule is Cc1ccc(C(N)CC(=O)O)cc1N(C)C. The van der Waals surface area contributed by atoms with Gasteiger partial charge in [-0.05, 0) is 24.1 Å². The Morgan fingerprint density at radius 2 is 2.12 bits per heavy atom. The number of carboxylic acids is 1. The smallest absolute Gasteiger partial charge is 0.305 e. The molecule has 0 aliphatic carbocycles. The van der Waals surface area contributed by atoms with E-state index in [2.05, 4.69) is 0 Å². The van der Waals surface area contributed by atoms with E-state index in [-0.39, 0.29) is 6.42 Å². The summed E-state index contributed by atoms with van der Waals surface area (Å²) >= 11 is 0. The van der Waals surface area contributed by atoms with E-state index in [0.717, 1.165) is 16.8 Å². The molecular weight excluding hydrogens is 204 g/mol. The maximum Gasteiger partial charge on any atom is 0.305 e. The van der Waals surface area contributed by atoms with Gasteiger partial charge in [0.05, 0.1) is 6.42 Å². The van der Waals surface area contributed by atoms with Crippen molar-refractivity contribution in [2.24, 2.45) is 5.73 Å². The van der Waals surface area contributed by atoms with Crippen LogP contribution in [0.2, 0.25) is 0 Å². The van der Waals surface area contributed by atoms with E-state index in [1.807, 2.05) is 44.1 Å². The molecule has 4 nitrogen and oxygen atoms in total. The van der Waals surface area contributed by atoms with Gasteiger partial charge >= 0.3 is 5.97 Å². The fraction of sp³-hybridized carbons (Fsp3) is 0.417. The van der Waals surface area contributed by atoms with E-state index in [1.54, 1.807) is 0 Å². The molecule has 4 heteroatoms. The highest BCUT2D eigenvalue weighted by Crippen LogP contribution is 2.23. The van der Waals surface area contributed by atoms with Gasteiger partial charge in [0, 0.05) is 25.8 Å². The minimum Gasteiger partial charge on any atom is -0.481 e. The minimum absolute atomic E-state index is 0.0457. The van der Waals surface area contributed by atoms with Crippen molar-refractivity contribution >= 4 is 11.7 Å². The summed E-state index contributed by atoms with van der Waals surface area (Å²) in [4.78, 5) is 12.6. The predicted molar refractivity (Wildman–Crippen MR) is 64.7 cm³/mol. The first kappa shape index (κ1) is 12.5. The summed E-state index contributed by atoms with van der Waals surface area (Å²) in [6.07, 6.45) is -0.0457. The number of carbonyl (C=O) groups is 1. The van der Waals surface area contributed by atoms with Gasteiger partial charge in [0.15, 0.2) is 0 Å². The van der Waals surface area contributed by atoms with Crippen molar-refractivity contribution in [3.8, 4) is 0 Å². The highest BCUT2D eigenvalue weighted by molar-refractivity contribution is 5.68. The van der Waals surface area contributed by atoms with Crippen LogP contribution in [-0.2, 0) is 4.79 Å². The van der Waals surface area contributed by atoms with Crippen LogP contribution < -0.4 is 10.6 Å². The number of benzene rings is 1. The molecule has 0 aromatic heterocycles. The maximum atomic E-state index is 10.6. The van der Waals surface area contributed by atoms with Crippen LogP contribution in [0.3, 0.4) is 0 Å². The second-order valence-electron chi connectivity index (χ2n) is 4.14. The van der Waals surface area contributed by atoms with Crippen LogP contribution in [0.25, 0.3) is 0 Å². The predicted octanol–water partition coefficient (Wildman–Crippen LogP) is 1.54. The quantitative estimate of drug-likeness (QED) is 0.811. The molecule has 16 heavy (non-hydrogen) atoms. The number of aliphatic carboxylic acids is 1. The van der Waals surface area contributed by atoms with Gasteiger partial charge in [-0.15, -0.1) is 0 Å². The lowest BCUT2D eigenvalue weighted by Crippen LogP contribution is -2.16. The van der Waals surface area contributed by atoms with Gasteiger partial charge < -0.3 is 15.7 Å². The third-order valence-electron chi connectivity index (χ3n) is 2.54. The Kier molecular flexibility index (Phi) is 3.90. The zero-order valence-corrected chi connectivity index (χ0v) is 9.90. The van der Waals surface area contributed by atoms with Crippen molar-refractivity contribution in [1.29, 1.82) is 0 Å². The van der Waals surface area contributed by atoms with E-state index >= 15 is 0 Å². The number of nitrogens with two attached hydrogens (primary N) is 1. The van der Waals surface area contributed by atoms with E-state index in [0.29, 0.717) is 0 Å². The molecule has 1 unspecified atom stereocenters. The van der Waals surface area contributed by atoms with Gasteiger partial charge in [-0.2, -0.15) is 0 Å². The van der Waals surface area contributed by atoms with Crippen molar-refractivity contribution in [3.63, 3.8) is 0 Å². The molecule has 1 aromatic carbocycles. The van der Waals surface area contributed by atoms with Gasteiger partial charge in [-0.3, -0.25) is 4.79 Å². The molecule has 0 bridgehead atoms. The third kappa shape index (κ3) is 2.97. The summed E-state index contributed by atoms with van der Waals surface area (Å²) in [7, 11) is 3.91. The van der Waals surface area contributed by atoms with Crippen LogP contribution in [0.1, 0.15) is 23.6 Å². The van der Waals surface area contributed by atoms with Crippen LogP contribution >= 0.6 is 0 Å². The lowest BCUT2D eigenvalue weighted by atomic mass is 10.0. The lowest BCUT2D eigenvalue weighted by molar-refractivity contribution is -0.137. The summed E-state index contributed by atoms with van der Waals surface area (Å²) in [5.41, 5.74) is 8.89. The van der Waals surface area contributed by atoms with Gasteiger partial charge in [0.2, 0.25) is 0 Å². The number of rotatable bonds is 4. The molecule has 0 amide bonds. The summed E-state index contributed by atoms with van der Waals surface area (Å²) in [6.45, 7) is 2.02. The van der Waals surface area contributed by atoms with E-state index in [4.69, 9.17) is 10.8 Å². The third-order valence-corrected chi connectivity index (χ3v) is 2.54. The zero-order valence-electron chi connectivity index (χ0n) is 9.90. The van der Waals surface area contributed by atoms with E-state index in [1.165, 1.54) is 0 Å². The van der Waals surface area contributed by atoms with E-state index < -0.39 is 12.0 Å². The molecule has 0 fully saturated rings. The molecule has 0 heterocycles. The zero-order chi connectivity index (χ0) is 12.3. The van der Waals surface area contributed by atoms with Crippen LogP contribution in [0.5, 0.6) is 0 Å². The fourth-order valence-electron chi connectivity index (χ4n) is 1.64. The first-order valence-corrected chi connectivity index (χ1v) is 5.17. The summed E-state index contributed by atoms with van der Waals surface area (Å²) in [5.74, 6) is -0.875. The number of nitrogens with zero attached hydrogens (tertiary/aromatic N) is 1. The normalized spacial score (nSPS) is 12.2. The average Bonchev–Trinajstić information content (AvgIpc) is 2.16. The molecule has 0 radical (unpaired) electrons. The van der Waals surface area contributed by atoms with Crippen LogP contribution in [0.4, 0.5) is 5.69 Å². The lowest BCUT2D eigenvalue weighted by Gasteiger charge is -2.18. The largest absolute Gasteiger partial charge is 0.481 e. The standard InChI is InChI=1S/C12H18N2O2/c1-8-4-5-9(6-11(8)14(2)3)10(13)7-12(15)16/h4-6,10H,7,13H2,1-3H3,(H,15,16). The minimum atomic E-state index is -0.875. The van der Waals surface area contributed by atoms with Crippen molar-refractivity contribution in [2.75, 3.05) is 19.0 Å². The fourth-order valence-corrected chi connectivity index (χ4v) is 1.64. The van der Waals surface area contributed by atoms with Gasteiger partial charge in [0.1, 0.15) is 0 Å². The molecule has 1 rings (SSSR count). The molecule has 0 aliphatic rings. The Bertz CT molecular complexity index is 389. The van der Waals surface area contributed by atoms with Crippen molar-refractivity contribution < 1.29 is 9.90 Å². The van der Waals surface area contributed by atoms with Crippen LogP contribution in [-0.4, -0.2) is 25.2 Å². The number of carboxylic acid groups (broad SMARTS) is 1. The Morgan fingerprint density at radius 3 is 2.62 bits per heavy atom. The van der Waals surface area contributed by atoms with Gasteiger partial charge in [-0.1, -0.05) is 12.1 Å². The second kappa shape index (κ2) is 4.99. The summed E-state index contributed by atoms with van der Waals surface area (Å²) in [5, 5.41) is 8.69. The Labute approximate surface area is 95.7 Å². The topological polar surface area (TPSA) is 66.6 Å². The highest BCUT2D eigenvalue weighted by atomic mass is 16.4. The summed E-state index contributed by atoms with van der Waals surface area (Å²) < 4.78 is 0. The molecule has 0 aliphatic heterocycles. The van der Waals surface area contributed by atoms with Crippen molar-refractivity contribution in [3.05, 3.63) is 29.3 Å². The van der Waals surface area contributed by atoms with Crippen LogP contribution in [0.15, 0.2) is 18.2 Å². The monoisotopic (exact) mass is 222 g/mol. The van der Waals surface area contributed by atoms with Crippen molar-refractivity contribution in [1.82, 2.24) is 0 Å². The van der Waals surface area contributed by atoms with Gasteiger partial charge in [-0.25, -0.2) is 0 Å². The maximum absolute atomic E-state index is 10.6. The van der Waals surface area contributed by atoms with E-state index in [9.17, 15) is 4.79 Å². The van der Waals surface area contributed by atoms with Gasteiger partial charge in [0.25, 0.3) is 0 Å². The molecule has 1 aromatic rings. The Morgan fingerprint density at radius 1 is 1.50 bits per heavy atom. The Balaban J connectivity index is 2.98. The molecule has 1 atom stereocenters. The first-order chi connectivity index (χ1) is 7.41. The van der Waals surface area contributed by atoms with Crippen LogP contribution in [0, 0.1) is 6.92 Å². The molecule has 3 N–H and O–H groups in total. The molecular formula is C12H18N2O2. The Hall–Kier alpha value is -1.55. The molecule has 0 saturated heterocycles. The molecule has 0 saturated carbocycles. The van der Waals surface area contributed by atoms with Crippen molar-refractivity contribution in [2.45, 2.75) is 19.4 Å². The summed E-state index contributed by atoms with van der Waals surface area (Å²) in [6, 6.07) is 5.35. The first-order valence-electron chi connectivity index (χ1n) is 5.17. The molecule has 0 spiro atoms. The average molecular weight is 222 g/mol. The number of aryl methyl sites for hydroxylation is 1.